The van der Waals surface area contributed by atoms with Gasteiger partial charge in [0.05, 0.1) is 38.4 Å². The summed E-state index contributed by atoms with van der Waals surface area (Å²) >= 11 is 0. The van der Waals surface area contributed by atoms with Crippen LogP contribution >= 0.6 is 0 Å². The highest BCUT2D eigenvalue weighted by Gasteiger charge is 2.34. The van der Waals surface area contributed by atoms with E-state index in [0.29, 0.717) is 26.2 Å². The summed E-state index contributed by atoms with van der Waals surface area (Å²) in [6.07, 6.45) is 3.50. The van der Waals surface area contributed by atoms with Crippen LogP contribution in [-0.2, 0) is 20.7 Å². The van der Waals surface area contributed by atoms with Crippen LogP contribution < -0.4 is 10.1 Å². The summed E-state index contributed by atoms with van der Waals surface area (Å²) in [6, 6.07) is 7.89. The summed E-state index contributed by atoms with van der Waals surface area (Å²) in [5, 5.41) is 3.13. The monoisotopic (exact) mass is 319 g/mol. The number of hydrogen-bond acceptors (Lipinski definition) is 4. The molecule has 1 saturated heterocycles. The molecule has 0 spiro atoms. The molecule has 1 aliphatic heterocycles. The van der Waals surface area contributed by atoms with Crippen molar-refractivity contribution in [1.82, 2.24) is 5.32 Å². The predicted molar refractivity (Wildman–Crippen MR) is 86.6 cm³/mol. The first kappa shape index (κ1) is 16.3. The number of hydrogen-bond donors (Lipinski definition) is 1. The molecule has 1 heterocycles. The SMILES string of the molecule is CCOc1ccc(CC(=O)N[C@@H]2CC[C@H]3OCCO[C@H]3C2)cc1. The van der Waals surface area contributed by atoms with Gasteiger partial charge in [0.15, 0.2) is 0 Å². The van der Waals surface area contributed by atoms with E-state index in [2.05, 4.69) is 5.32 Å². The second-order valence-electron chi connectivity index (χ2n) is 6.15. The van der Waals surface area contributed by atoms with Crippen molar-refractivity contribution in [2.24, 2.45) is 0 Å². The van der Waals surface area contributed by atoms with Crippen LogP contribution in [0.3, 0.4) is 0 Å². The second kappa shape index (κ2) is 7.79. The minimum Gasteiger partial charge on any atom is -0.494 e. The summed E-state index contributed by atoms with van der Waals surface area (Å²) in [7, 11) is 0. The highest BCUT2D eigenvalue weighted by molar-refractivity contribution is 5.78. The van der Waals surface area contributed by atoms with Crippen LogP contribution in [0.2, 0.25) is 0 Å². The van der Waals surface area contributed by atoms with Crippen LogP contribution in [0.1, 0.15) is 31.7 Å². The maximum Gasteiger partial charge on any atom is 0.224 e. The molecule has 5 heteroatoms. The zero-order valence-corrected chi connectivity index (χ0v) is 13.6. The Morgan fingerprint density at radius 3 is 2.65 bits per heavy atom. The predicted octanol–water partition coefficient (Wildman–Crippen LogP) is 2.08. The maximum atomic E-state index is 12.2. The molecule has 2 aliphatic rings. The minimum atomic E-state index is 0.0642. The molecule has 23 heavy (non-hydrogen) atoms. The van der Waals surface area contributed by atoms with Crippen LogP contribution in [0.5, 0.6) is 5.75 Å². The Morgan fingerprint density at radius 2 is 1.91 bits per heavy atom. The Balaban J connectivity index is 1.47. The number of amides is 1. The van der Waals surface area contributed by atoms with E-state index in [1.807, 2.05) is 31.2 Å². The molecule has 1 aromatic rings. The first-order valence-electron chi connectivity index (χ1n) is 8.49. The molecule has 0 aromatic heterocycles. The Kier molecular flexibility index (Phi) is 5.51. The fourth-order valence-corrected chi connectivity index (χ4v) is 3.33. The van der Waals surface area contributed by atoms with Crippen molar-refractivity contribution >= 4 is 5.91 Å². The highest BCUT2D eigenvalue weighted by atomic mass is 16.6. The van der Waals surface area contributed by atoms with Gasteiger partial charge in [0, 0.05) is 6.04 Å². The van der Waals surface area contributed by atoms with E-state index in [1.165, 1.54) is 0 Å². The zero-order chi connectivity index (χ0) is 16.1. The summed E-state index contributed by atoms with van der Waals surface area (Å²) < 4.78 is 16.9. The summed E-state index contributed by atoms with van der Waals surface area (Å²) in [6.45, 7) is 3.95. The van der Waals surface area contributed by atoms with E-state index < -0.39 is 0 Å². The van der Waals surface area contributed by atoms with Gasteiger partial charge in [-0.15, -0.1) is 0 Å². The second-order valence-corrected chi connectivity index (χ2v) is 6.15. The van der Waals surface area contributed by atoms with E-state index in [1.54, 1.807) is 0 Å². The van der Waals surface area contributed by atoms with Crippen molar-refractivity contribution in [2.45, 2.75) is 50.9 Å². The van der Waals surface area contributed by atoms with E-state index >= 15 is 0 Å². The number of ether oxygens (including phenoxy) is 3. The smallest absolute Gasteiger partial charge is 0.224 e. The lowest BCUT2D eigenvalue weighted by molar-refractivity contribution is -0.158. The van der Waals surface area contributed by atoms with Crippen molar-refractivity contribution in [1.29, 1.82) is 0 Å². The zero-order valence-electron chi connectivity index (χ0n) is 13.6. The van der Waals surface area contributed by atoms with Crippen molar-refractivity contribution < 1.29 is 19.0 Å². The Hall–Kier alpha value is -1.59. The number of nitrogens with one attached hydrogen (secondary N) is 1. The molecule has 1 aromatic carbocycles. The Bertz CT molecular complexity index is 516. The molecular weight excluding hydrogens is 294 g/mol. The third kappa shape index (κ3) is 4.45. The highest BCUT2D eigenvalue weighted by Crippen LogP contribution is 2.26. The maximum absolute atomic E-state index is 12.2. The number of rotatable bonds is 5. The minimum absolute atomic E-state index is 0.0642. The molecule has 1 saturated carbocycles. The summed E-state index contributed by atoms with van der Waals surface area (Å²) in [5.74, 6) is 0.902. The number of fused-ring (bicyclic) bond motifs is 1. The van der Waals surface area contributed by atoms with Crippen LogP contribution in [-0.4, -0.2) is 44.0 Å². The Labute approximate surface area is 137 Å². The van der Waals surface area contributed by atoms with Gasteiger partial charge in [-0.2, -0.15) is 0 Å². The molecular formula is C18H25NO4. The number of carbonyl (C=O) groups excluding carboxylic acids is 1. The molecule has 0 radical (unpaired) electrons. The normalized spacial score (nSPS) is 27.1. The van der Waals surface area contributed by atoms with Crippen LogP contribution in [0, 0.1) is 0 Å². The van der Waals surface area contributed by atoms with Crippen molar-refractivity contribution in [3.63, 3.8) is 0 Å². The van der Waals surface area contributed by atoms with Gasteiger partial charge in [-0.1, -0.05) is 12.1 Å². The number of carbonyl (C=O) groups is 1. The lowest BCUT2D eigenvalue weighted by Crippen LogP contribution is -2.49. The molecule has 1 N–H and O–H groups in total. The molecule has 126 valence electrons. The average Bonchev–Trinajstić information content (AvgIpc) is 2.57. The van der Waals surface area contributed by atoms with Gasteiger partial charge in [0.2, 0.25) is 5.91 Å². The topological polar surface area (TPSA) is 56.8 Å². The molecule has 0 unspecified atom stereocenters. The van der Waals surface area contributed by atoms with E-state index in [0.717, 1.165) is 30.6 Å². The summed E-state index contributed by atoms with van der Waals surface area (Å²) in [4.78, 5) is 12.2. The number of benzene rings is 1. The van der Waals surface area contributed by atoms with E-state index in [9.17, 15) is 4.79 Å². The largest absolute Gasteiger partial charge is 0.494 e. The van der Waals surface area contributed by atoms with Crippen molar-refractivity contribution in [3.8, 4) is 5.75 Å². The third-order valence-corrected chi connectivity index (χ3v) is 4.44. The van der Waals surface area contributed by atoms with Crippen LogP contribution in [0.4, 0.5) is 0 Å². The quantitative estimate of drug-likeness (QED) is 0.903. The van der Waals surface area contributed by atoms with Crippen molar-refractivity contribution in [2.75, 3.05) is 19.8 Å². The lowest BCUT2D eigenvalue weighted by atomic mass is 9.89. The van der Waals surface area contributed by atoms with Crippen molar-refractivity contribution in [3.05, 3.63) is 29.8 Å². The third-order valence-electron chi connectivity index (χ3n) is 4.44. The van der Waals surface area contributed by atoms with Crippen LogP contribution in [0.25, 0.3) is 0 Å². The average molecular weight is 319 g/mol. The molecule has 3 atom stereocenters. The molecule has 1 aliphatic carbocycles. The standard InChI is InChI=1S/C18H25NO4/c1-2-21-15-6-3-13(4-7-15)11-18(20)19-14-5-8-16-17(12-14)23-10-9-22-16/h3-4,6-7,14,16-17H,2,5,8-12H2,1H3,(H,19,20)/t14-,16-,17+/m1/s1. The van der Waals surface area contributed by atoms with Gasteiger partial charge in [0.25, 0.3) is 0 Å². The van der Waals surface area contributed by atoms with Crippen LogP contribution in [0.15, 0.2) is 24.3 Å². The van der Waals surface area contributed by atoms with Gasteiger partial charge < -0.3 is 19.5 Å². The van der Waals surface area contributed by atoms with E-state index in [4.69, 9.17) is 14.2 Å². The fraction of sp³-hybridized carbons (Fsp3) is 0.611. The molecule has 2 fully saturated rings. The fourth-order valence-electron chi connectivity index (χ4n) is 3.33. The van der Waals surface area contributed by atoms with Gasteiger partial charge in [-0.25, -0.2) is 0 Å². The molecule has 0 bridgehead atoms. The van der Waals surface area contributed by atoms with E-state index in [-0.39, 0.29) is 24.2 Å². The first-order chi connectivity index (χ1) is 11.2. The molecule has 3 rings (SSSR count). The van der Waals surface area contributed by atoms with Gasteiger partial charge in [-0.3, -0.25) is 4.79 Å². The van der Waals surface area contributed by atoms with Gasteiger partial charge in [-0.05, 0) is 43.9 Å². The first-order valence-corrected chi connectivity index (χ1v) is 8.49. The summed E-state index contributed by atoms with van der Waals surface area (Å²) in [5.41, 5.74) is 0.997. The lowest BCUT2D eigenvalue weighted by Gasteiger charge is -2.39. The molecule has 1 amide bonds. The van der Waals surface area contributed by atoms with Gasteiger partial charge >= 0.3 is 0 Å². The Morgan fingerprint density at radius 1 is 1.17 bits per heavy atom. The molecule has 5 nitrogen and oxygen atoms in total. The van der Waals surface area contributed by atoms with Gasteiger partial charge in [0.1, 0.15) is 5.75 Å².